The summed E-state index contributed by atoms with van der Waals surface area (Å²) >= 11 is 0. The smallest absolute Gasteiger partial charge is 0.153 e. The Morgan fingerprint density at radius 1 is 1.17 bits per heavy atom. The molecule has 0 aromatic heterocycles. The van der Waals surface area contributed by atoms with Crippen molar-refractivity contribution in [3.8, 4) is 35.5 Å². The average molecular weight is 156 g/mol. The summed E-state index contributed by atoms with van der Waals surface area (Å²) in [6, 6.07) is 0. The lowest BCUT2D eigenvalue weighted by molar-refractivity contribution is -0.112. The SMILES string of the molecule is CC#CC#CC#C/C=C/C(C)=O. The molecule has 0 aromatic carbocycles. The minimum atomic E-state index is -0.0226. The van der Waals surface area contributed by atoms with Crippen LogP contribution in [0.25, 0.3) is 0 Å². The molecule has 0 atom stereocenters. The van der Waals surface area contributed by atoms with Crippen molar-refractivity contribution in [1.82, 2.24) is 0 Å². The van der Waals surface area contributed by atoms with Gasteiger partial charge in [-0.3, -0.25) is 4.79 Å². The highest BCUT2D eigenvalue weighted by Gasteiger charge is 1.75. The first kappa shape index (κ1) is 10.1. The Balaban J connectivity index is 3.99. The molecule has 0 saturated heterocycles. The Bertz CT molecular complexity index is 353. The van der Waals surface area contributed by atoms with Gasteiger partial charge in [0.05, 0.1) is 0 Å². The number of hydrogen-bond donors (Lipinski definition) is 0. The summed E-state index contributed by atoms with van der Waals surface area (Å²) in [4.78, 5) is 10.4. The first-order valence-electron chi connectivity index (χ1n) is 3.36. The molecular weight excluding hydrogens is 148 g/mol. The Morgan fingerprint density at radius 2 is 1.83 bits per heavy atom. The van der Waals surface area contributed by atoms with Crippen molar-refractivity contribution in [2.24, 2.45) is 0 Å². The van der Waals surface area contributed by atoms with E-state index >= 15 is 0 Å². The van der Waals surface area contributed by atoms with E-state index in [0.29, 0.717) is 0 Å². The number of carbonyl (C=O) groups is 1. The lowest BCUT2D eigenvalue weighted by Gasteiger charge is -1.69. The minimum absolute atomic E-state index is 0.0226. The summed E-state index contributed by atoms with van der Waals surface area (Å²) in [6.07, 6.45) is 2.86. The molecule has 0 heterocycles. The van der Waals surface area contributed by atoms with E-state index in [-0.39, 0.29) is 5.78 Å². The molecule has 0 aromatic rings. The first-order chi connectivity index (χ1) is 5.77. The van der Waals surface area contributed by atoms with Gasteiger partial charge in [0.15, 0.2) is 5.78 Å². The van der Waals surface area contributed by atoms with E-state index in [4.69, 9.17) is 0 Å². The largest absolute Gasteiger partial charge is 0.295 e. The van der Waals surface area contributed by atoms with Gasteiger partial charge in [-0.25, -0.2) is 0 Å². The lowest BCUT2D eigenvalue weighted by Crippen LogP contribution is -1.77. The molecule has 0 rings (SSSR count). The highest BCUT2D eigenvalue weighted by molar-refractivity contribution is 5.87. The normalized spacial score (nSPS) is 6.83. The Kier molecular flexibility index (Phi) is 6.05. The van der Waals surface area contributed by atoms with Crippen LogP contribution in [-0.2, 0) is 4.79 Å². The molecule has 0 aliphatic rings. The van der Waals surface area contributed by atoms with Crippen molar-refractivity contribution in [2.75, 3.05) is 0 Å². The number of ketones is 1. The van der Waals surface area contributed by atoms with Gasteiger partial charge in [0.2, 0.25) is 0 Å². The Labute approximate surface area is 72.9 Å². The Hall–Kier alpha value is -1.91. The van der Waals surface area contributed by atoms with Crippen molar-refractivity contribution in [2.45, 2.75) is 13.8 Å². The standard InChI is InChI=1S/C11H8O/c1-3-4-5-6-7-8-9-10-11(2)12/h9-10H,1-2H3/b10-9+. The lowest BCUT2D eigenvalue weighted by atomic mass is 10.4. The van der Waals surface area contributed by atoms with Gasteiger partial charge < -0.3 is 0 Å². The molecule has 0 bridgehead atoms. The minimum Gasteiger partial charge on any atom is -0.295 e. The molecule has 0 fully saturated rings. The molecule has 58 valence electrons. The molecular formula is C11H8O. The topological polar surface area (TPSA) is 17.1 Å². The van der Waals surface area contributed by atoms with E-state index in [1.807, 2.05) is 0 Å². The summed E-state index contributed by atoms with van der Waals surface area (Å²) < 4.78 is 0. The number of carbonyl (C=O) groups excluding carboxylic acids is 1. The summed E-state index contributed by atoms with van der Waals surface area (Å²) in [6.45, 7) is 3.17. The first-order valence-corrected chi connectivity index (χ1v) is 3.36. The molecule has 0 amide bonds. The van der Waals surface area contributed by atoms with Gasteiger partial charge in [-0.1, -0.05) is 11.8 Å². The van der Waals surface area contributed by atoms with Gasteiger partial charge in [0, 0.05) is 0 Å². The number of hydrogen-bond acceptors (Lipinski definition) is 1. The van der Waals surface area contributed by atoms with Crippen molar-refractivity contribution in [3.05, 3.63) is 12.2 Å². The molecule has 0 unspecified atom stereocenters. The summed E-state index contributed by atoms with van der Waals surface area (Å²) in [5.74, 6) is 15.3. The van der Waals surface area contributed by atoms with Crippen LogP contribution in [0.5, 0.6) is 0 Å². The van der Waals surface area contributed by atoms with Crippen molar-refractivity contribution < 1.29 is 4.79 Å². The van der Waals surface area contributed by atoms with E-state index < -0.39 is 0 Å². The van der Waals surface area contributed by atoms with Gasteiger partial charge in [0.25, 0.3) is 0 Å². The van der Waals surface area contributed by atoms with Crippen LogP contribution < -0.4 is 0 Å². The van der Waals surface area contributed by atoms with Crippen molar-refractivity contribution in [1.29, 1.82) is 0 Å². The van der Waals surface area contributed by atoms with Crippen LogP contribution in [0.15, 0.2) is 12.2 Å². The second kappa shape index (κ2) is 7.20. The maximum atomic E-state index is 10.4. The van der Waals surface area contributed by atoms with Crippen LogP contribution in [0, 0.1) is 35.5 Å². The van der Waals surface area contributed by atoms with Gasteiger partial charge in [-0.15, -0.1) is 0 Å². The third-order valence-corrected chi connectivity index (χ3v) is 0.786. The third-order valence-electron chi connectivity index (χ3n) is 0.786. The second-order valence-corrected chi connectivity index (χ2v) is 1.84. The summed E-state index contributed by atoms with van der Waals surface area (Å²) in [5.41, 5.74) is 0. The van der Waals surface area contributed by atoms with Crippen molar-refractivity contribution in [3.63, 3.8) is 0 Å². The van der Waals surface area contributed by atoms with Crippen molar-refractivity contribution >= 4 is 5.78 Å². The molecule has 0 spiro atoms. The molecule has 1 nitrogen and oxygen atoms in total. The molecule has 1 heteroatoms. The highest BCUT2D eigenvalue weighted by Crippen LogP contribution is 1.71. The fourth-order valence-corrected chi connectivity index (χ4v) is 0.362. The van der Waals surface area contributed by atoms with E-state index in [9.17, 15) is 4.79 Å². The van der Waals surface area contributed by atoms with Crippen LogP contribution in [0.2, 0.25) is 0 Å². The van der Waals surface area contributed by atoms with E-state index in [0.717, 1.165) is 0 Å². The van der Waals surface area contributed by atoms with E-state index in [1.54, 1.807) is 6.92 Å². The predicted molar refractivity (Wildman–Crippen MR) is 48.8 cm³/mol. The molecule has 0 radical (unpaired) electrons. The van der Waals surface area contributed by atoms with Gasteiger partial charge in [-0.05, 0) is 49.7 Å². The van der Waals surface area contributed by atoms with Gasteiger partial charge in [0.1, 0.15) is 0 Å². The zero-order chi connectivity index (χ0) is 9.23. The van der Waals surface area contributed by atoms with Gasteiger partial charge in [-0.2, -0.15) is 0 Å². The molecule has 0 saturated carbocycles. The second-order valence-electron chi connectivity index (χ2n) is 1.84. The van der Waals surface area contributed by atoms with Crippen LogP contribution in [0.1, 0.15) is 13.8 Å². The molecule has 0 aliphatic carbocycles. The van der Waals surface area contributed by atoms with Crippen LogP contribution in [0.3, 0.4) is 0 Å². The van der Waals surface area contributed by atoms with Crippen LogP contribution >= 0.6 is 0 Å². The predicted octanol–water partition coefficient (Wildman–Crippen LogP) is 1.16. The summed E-state index contributed by atoms with van der Waals surface area (Å²) in [5, 5.41) is 0. The monoisotopic (exact) mass is 156 g/mol. The summed E-state index contributed by atoms with van der Waals surface area (Å²) in [7, 11) is 0. The fourth-order valence-electron chi connectivity index (χ4n) is 0.362. The highest BCUT2D eigenvalue weighted by atomic mass is 16.1. The average Bonchev–Trinajstić information content (AvgIpc) is 2.02. The van der Waals surface area contributed by atoms with E-state index in [2.05, 4.69) is 35.5 Å². The maximum absolute atomic E-state index is 10.4. The maximum Gasteiger partial charge on any atom is 0.153 e. The van der Waals surface area contributed by atoms with E-state index in [1.165, 1.54) is 19.1 Å². The van der Waals surface area contributed by atoms with Gasteiger partial charge >= 0.3 is 0 Å². The Morgan fingerprint density at radius 3 is 2.42 bits per heavy atom. The molecule has 0 N–H and O–H groups in total. The zero-order valence-corrected chi connectivity index (χ0v) is 7.06. The zero-order valence-electron chi connectivity index (χ0n) is 7.06. The quantitative estimate of drug-likeness (QED) is 0.411. The van der Waals surface area contributed by atoms with Crippen LogP contribution in [0.4, 0.5) is 0 Å². The third kappa shape index (κ3) is 8.09. The number of allylic oxidation sites excluding steroid dienone is 2. The van der Waals surface area contributed by atoms with Crippen LogP contribution in [-0.4, -0.2) is 5.78 Å². The molecule has 12 heavy (non-hydrogen) atoms. The number of rotatable bonds is 1. The fraction of sp³-hybridized carbons (Fsp3) is 0.182. The molecule has 0 aliphatic heterocycles.